The molecule has 0 spiro atoms. The van der Waals surface area contributed by atoms with E-state index in [-0.39, 0.29) is 0 Å². The molecule has 0 radical (unpaired) electrons. The highest BCUT2D eigenvalue weighted by atomic mass is 35.5. The van der Waals surface area contributed by atoms with Gasteiger partial charge in [-0.05, 0) is 30.7 Å². The average Bonchev–Trinajstić information content (AvgIpc) is 2.38. The molecule has 0 fully saturated rings. The highest BCUT2D eigenvalue weighted by molar-refractivity contribution is 6.32. The molecule has 0 unspecified atom stereocenters. The predicted octanol–water partition coefficient (Wildman–Crippen LogP) is 1.54. The Labute approximate surface area is 126 Å². The molecular weight excluding hydrogens is 300 g/mol. The Morgan fingerprint density at radius 2 is 1.95 bits per heavy atom. The molecular formula is C13H15ClN2O5. The fraction of sp³-hybridized carbons (Fsp3) is 0.308. The van der Waals surface area contributed by atoms with E-state index in [0.717, 1.165) is 5.01 Å². The number of benzene rings is 1. The monoisotopic (exact) mass is 314 g/mol. The van der Waals surface area contributed by atoms with Crippen molar-refractivity contribution in [1.29, 1.82) is 0 Å². The Kier molecular flexibility index (Phi) is 6.48. The second kappa shape index (κ2) is 8.11. The zero-order chi connectivity index (χ0) is 15.8. The van der Waals surface area contributed by atoms with Crippen molar-refractivity contribution in [1.82, 2.24) is 5.01 Å². The number of nitrogens with zero attached hydrogens (tertiary/aromatic N) is 2. The summed E-state index contributed by atoms with van der Waals surface area (Å²) in [5.74, 6) is -1.81. The van der Waals surface area contributed by atoms with Gasteiger partial charge in [0.25, 0.3) is 0 Å². The van der Waals surface area contributed by atoms with Gasteiger partial charge in [0.2, 0.25) is 0 Å². The standard InChI is InChI=1S/C13H15ClN2O5/c1-2-21-11-4-3-9(5-10(11)14)6-15-16(7-12(17)18)8-13(19)20/h3-6H,2,7-8H2,1H3,(H,17,18)(H,19,20)/b15-6-. The van der Waals surface area contributed by atoms with Crippen LogP contribution < -0.4 is 4.74 Å². The highest BCUT2D eigenvalue weighted by Crippen LogP contribution is 2.24. The van der Waals surface area contributed by atoms with Gasteiger partial charge in [-0.25, -0.2) is 0 Å². The lowest BCUT2D eigenvalue weighted by molar-refractivity contribution is -0.141. The van der Waals surface area contributed by atoms with Gasteiger partial charge < -0.3 is 14.9 Å². The topological polar surface area (TPSA) is 99.4 Å². The van der Waals surface area contributed by atoms with Crippen LogP contribution >= 0.6 is 11.6 Å². The third kappa shape index (κ3) is 6.13. The summed E-state index contributed by atoms with van der Waals surface area (Å²) in [4.78, 5) is 21.3. The summed E-state index contributed by atoms with van der Waals surface area (Å²) in [6.07, 6.45) is 1.34. The van der Waals surface area contributed by atoms with Gasteiger partial charge in [-0.2, -0.15) is 5.10 Å². The van der Waals surface area contributed by atoms with Gasteiger partial charge in [0.05, 0.1) is 17.8 Å². The number of aliphatic carboxylic acids is 2. The van der Waals surface area contributed by atoms with Gasteiger partial charge in [0, 0.05) is 0 Å². The Morgan fingerprint density at radius 3 is 2.43 bits per heavy atom. The van der Waals surface area contributed by atoms with Crippen LogP contribution in [0, 0.1) is 0 Å². The van der Waals surface area contributed by atoms with Crippen LogP contribution in [0.3, 0.4) is 0 Å². The van der Waals surface area contributed by atoms with E-state index in [2.05, 4.69) is 5.10 Å². The molecule has 1 aromatic rings. The number of ether oxygens (including phenoxy) is 1. The van der Waals surface area contributed by atoms with E-state index >= 15 is 0 Å². The zero-order valence-electron chi connectivity index (χ0n) is 11.3. The van der Waals surface area contributed by atoms with Gasteiger partial charge in [-0.1, -0.05) is 11.6 Å². The first-order chi connectivity index (χ1) is 9.92. The van der Waals surface area contributed by atoms with Crippen molar-refractivity contribution in [2.75, 3.05) is 19.7 Å². The molecule has 114 valence electrons. The van der Waals surface area contributed by atoms with Gasteiger partial charge in [0.15, 0.2) is 0 Å². The summed E-state index contributed by atoms with van der Waals surface area (Å²) in [5.41, 5.74) is 0.601. The molecule has 0 aliphatic heterocycles. The quantitative estimate of drug-likeness (QED) is 0.558. The number of carboxylic acid groups (broad SMARTS) is 2. The van der Waals surface area contributed by atoms with Crippen molar-refractivity contribution in [3.63, 3.8) is 0 Å². The molecule has 0 saturated carbocycles. The van der Waals surface area contributed by atoms with Crippen LogP contribution in [-0.2, 0) is 9.59 Å². The minimum Gasteiger partial charge on any atom is -0.492 e. The van der Waals surface area contributed by atoms with Crippen LogP contribution in [0.2, 0.25) is 5.02 Å². The number of halogens is 1. The second-order valence-electron chi connectivity index (χ2n) is 3.98. The first-order valence-electron chi connectivity index (χ1n) is 6.07. The molecule has 0 aromatic heterocycles. The highest BCUT2D eigenvalue weighted by Gasteiger charge is 2.10. The summed E-state index contributed by atoms with van der Waals surface area (Å²) in [6.45, 7) is 1.31. The summed E-state index contributed by atoms with van der Waals surface area (Å²) in [5, 5.41) is 22.5. The zero-order valence-corrected chi connectivity index (χ0v) is 12.1. The molecule has 7 nitrogen and oxygen atoms in total. The maximum Gasteiger partial charge on any atom is 0.324 e. The van der Waals surface area contributed by atoms with Crippen molar-refractivity contribution in [2.45, 2.75) is 6.92 Å². The van der Waals surface area contributed by atoms with Gasteiger partial charge in [-0.3, -0.25) is 14.6 Å². The van der Waals surface area contributed by atoms with Crippen molar-refractivity contribution >= 4 is 29.8 Å². The Hall–Kier alpha value is -2.28. The largest absolute Gasteiger partial charge is 0.492 e. The van der Waals surface area contributed by atoms with E-state index in [1.165, 1.54) is 6.21 Å². The summed E-state index contributed by atoms with van der Waals surface area (Å²) in [6, 6.07) is 4.93. The first-order valence-corrected chi connectivity index (χ1v) is 6.45. The molecule has 21 heavy (non-hydrogen) atoms. The first kappa shape index (κ1) is 16.8. The normalized spacial score (nSPS) is 10.6. The van der Waals surface area contributed by atoms with Crippen molar-refractivity contribution < 1.29 is 24.5 Å². The van der Waals surface area contributed by atoms with Gasteiger partial charge in [-0.15, -0.1) is 0 Å². The summed E-state index contributed by atoms with van der Waals surface area (Å²) in [7, 11) is 0. The number of hydrogen-bond donors (Lipinski definition) is 2. The lowest BCUT2D eigenvalue weighted by Gasteiger charge is -2.13. The Morgan fingerprint density at radius 1 is 1.33 bits per heavy atom. The molecule has 0 heterocycles. The predicted molar refractivity (Wildman–Crippen MR) is 77.1 cm³/mol. The van der Waals surface area contributed by atoms with Crippen LogP contribution in [0.1, 0.15) is 12.5 Å². The van der Waals surface area contributed by atoms with Crippen molar-refractivity contribution in [2.24, 2.45) is 5.10 Å². The van der Waals surface area contributed by atoms with E-state index in [0.29, 0.717) is 22.9 Å². The third-order valence-electron chi connectivity index (χ3n) is 2.26. The maximum absolute atomic E-state index is 10.6. The Balaban J connectivity index is 2.82. The molecule has 2 N–H and O–H groups in total. The molecule has 0 aliphatic carbocycles. The number of carboxylic acids is 2. The summed E-state index contributed by atoms with van der Waals surface area (Å²) >= 11 is 6.00. The van der Waals surface area contributed by atoms with Crippen LogP contribution in [0.25, 0.3) is 0 Å². The minimum absolute atomic E-state index is 0.392. The number of carbonyl (C=O) groups is 2. The number of hydrogen-bond acceptors (Lipinski definition) is 5. The second-order valence-corrected chi connectivity index (χ2v) is 4.38. The van der Waals surface area contributed by atoms with Gasteiger partial charge in [0.1, 0.15) is 18.8 Å². The smallest absolute Gasteiger partial charge is 0.324 e. The Bertz CT molecular complexity index is 531. The fourth-order valence-electron chi connectivity index (χ4n) is 1.47. The number of hydrazone groups is 1. The minimum atomic E-state index is -1.17. The van der Waals surface area contributed by atoms with E-state index in [4.69, 9.17) is 26.6 Å². The van der Waals surface area contributed by atoms with Crippen LogP contribution in [0.5, 0.6) is 5.75 Å². The maximum atomic E-state index is 10.6. The number of rotatable bonds is 8. The van der Waals surface area contributed by atoms with E-state index in [1.807, 2.05) is 6.92 Å². The van der Waals surface area contributed by atoms with E-state index in [9.17, 15) is 9.59 Å². The van der Waals surface area contributed by atoms with Crippen LogP contribution in [0.15, 0.2) is 23.3 Å². The molecule has 1 aromatic carbocycles. The molecule has 0 saturated heterocycles. The lowest BCUT2D eigenvalue weighted by Crippen LogP contribution is -2.30. The molecule has 0 bridgehead atoms. The van der Waals surface area contributed by atoms with E-state index < -0.39 is 25.0 Å². The van der Waals surface area contributed by atoms with E-state index in [1.54, 1.807) is 18.2 Å². The van der Waals surface area contributed by atoms with Crippen molar-refractivity contribution in [3.8, 4) is 5.75 Å². The average molecular weight is 315 g/mol. The van der Waals surface area contributed by atoms with Gasteiger partial charge >= 0.3 is 11.9 Å². The van der Waals surface area contributed by atoms with Crippen molar-refractivity contribution in [3.05, 3.63) is 28.8 Å². The lowest BCUT2D eigenvalue weighted by atomic mass is 10.2. The molecule has 8 heteroatoms. The third-order valence-corrected chi connectivity index (χ3v) is 2.56. The summed E-state index contributed by atoms with van der Waals surface area (Å²) < 4.78 is 5.28. The molecule has 0 atom stereocenters. The molecule has 0 aliphatic rings. The van der Waals surface area contributed by atoms with Crippen LogP contribution in [0.4, 0.5) is 0 Å². The molecule has 1 rings (SSSR count). The fourth-order valence-corrected chi connectivity index (χ4v) is 1.71. The van der Waals surface area contributed by atoms with Crippen LogP contribution in [-0.4, -0.2) is 53.1 Å². The molecule has 0 amide bonds. The SMILES string of the molecule is CCOc1ccc(/C=N\N(CC(=O)O)CC(=O)O)cc1Cl.